The Labute approximate surface area is 193 Å². The second-order valence-electron chi connectivity index (χ2n) is 6.38. The molecule has 2 heterocycles. The van der Waals surface area contributed by atoms with Crippen molar-refractivity contribution in [3.63, 3.8) is 0 Å². The average Bonchev–Trinajstić information content (AvgIpc) is 3.29. The molecule has 0 fully saturated rings. The van der Waals surface area contributed by atoms with Crippen LogP contribution in [0.5, 0.6) is 11.5 Å². The molecule has 0 saturated heterocycles. The minimum Gasteiger partial charge on any atom is -0.493 e. The quantitative estimate of drug-likeness (QED) is 0.269. The number of hydrogen-bond donors (Lipinski definition) is 2. The van der Waals surface area contributed by atoms with Gasteiger partial charge in [0.15, 0.2) is 17.5 Å². The number of ether oxygens (including phenoxy) is 2. The topological polar surface area (TPSA) is 85.6 Å². The van der Waals surface area contributed by atoms with Crippen molar-refractivity contribution in [1.29, 1.82) is 0 Å². The minimum absolute atomic E-state index is 0. The Morgan fingerprint density at radius 1 is 1.17 bits per heavy atom. The van der Waals surface area contributed by atoms with Gasteiger partial charge in [-0.05, 0) is 30.7 Å². The summed E-state index contributed by atoms with van der Waals surface area (Å²) in [5, 5.41) is 6.55. The zero-order valence-electron chi connectivity index (χ0n) is 17.3. The van der Waals surface area contributed by atoms with Gasteiger partial charge in [0, 0.05) is 32.2 Å². The Morgan fingerprint density at radius 2 is 1.97 bits per heavy atom. The lowest BCUT2D eigenvalue weighted by molar-refractivity contribution is 0.213. The summed E-state index contributed by atoms with van der Waals surface area (Å²) < 4.78 is 13.1. The van der Waals surface area contributed by atoms with E-state index in [-0.39, 0.29) is 30.1 Å². The molecule has 0 aliphatic heterocycles. The molecule has 0 amide bonds. The Bertz CT molecular complexity index is 916. The van der Waals surface area contributed by atoms with Crippen LogP contribution in [0.1, 0.15) is 12.5 Å². The summed E-state index contributed by atoms with van der Waals surface area (Å²) in [5.74, 6) is 2.96. The highest BCUT2D eigenvalue weighted by atomic mass is 127. The highest BCUT2D eigenvalue weighted by Gasteiger charge is 2.09. The fraction of sp³-hybridized carbons (Fsp3) is 0.286. The van der Waals surface area contributed by atoms with Crippen molar-refractivity contribution in [3.8, 4) is 17.3 Å². The number of nitrogens with zero attached hydrogens (tertiary/aromatic N) is 4. The first-order valence-corrected chi connectivity index (χ1v) is 9.37. The number of guanidine groups is 1. The van der Waals surface area contributed by atoms with E-state index in [1.165, 1.54) is 0 Å². The van der Waals surface area contributed by atoms with Gasteiger partial charge in [-0.15, -0.1) is 24.0 Å². The average molecular weight is 522 g/mol. The summed E-state index contributed by atoms with van der Waals surface area (Å²) in [4.78, 5) is 12.7. The maximum absolute atomic E-state index is 5.95. The Balaban J connectivity index is 0.00000320. The van der Waals surface area contributed by atoms with E-state index < -0.39 is 0 Å². The fourth-order valence-electron chi connectivity index (χ4n) is 2.69. The Kier molecular flexibility index (Phi) is 9.39. The van der Waals surface area contributed by atoms with Crippen LogP contribution in [0.15, 0.2) is 66.3 Å². The smallest absolute Gasteiger partial charge is 0.191 e. The molecule has 0 spiro atoms. The van der Waals surface area contributed by atoms with Crippen LogP contribution in [-0.2, 0) is 6.54 Å². The van der Waals surface area contributed by atoms with E-state index in [0.717, 1.165) is 17.1 Å². The van der Waals surface area contributed by atoms with Crippen LogP contribution in [0.4, 0.5) is 0 Å². The molecule has 30 heavy (non-hydrogen) atoms. The predicted molar refractivity (Wildman–Crippen MR) is 128 cm³/mol. The van der Waals surface area contributed by atoms with Gasteiger partial charge in [-0.1, -0.05) is 18.2 Å². The van der Waals surface area contributed by atoms with Crippen molar-refractivity contribution in [2.75, 3.05) is 20.7 Å². The van der Waals surface area contributed by atoms with Gasteiger partial charge in [-0.3, -0.25) is 9.56 Å². The monoisotopic (exact) mass is 522 g/mol. The second-order valence-corrected chi connectivity index (χ2v) is 6.38. The number of imidazole rings is 1. The maximum Gasteiger partial charge on any atom is 0.191 e. The van der Waals surface area contributed by atoms with Crippen molar-refractivity contribution in [2.24, 2.45) is 4.99 Å². The molecule has 1 unspecified atom stereocenters. The minimum atomic E-state index is -0.0685. The molecule has 0 bridgehead atoms. The molecule has 1 atom stereocenters. The molecule has 2 N–H and O–H groups in total. The number of nitrogens with one attached hydrogen (secondary N) is 2. The lowest BCUT2D eigenvalue weighted by Gasteiger charge is -2.19. The third-order valence-electron chi connectivity index (χ3n) is 4.22. The van der Waals surface area contributed by atoms with Gasteiger partial charge in [-0.2, -0.15) is 0 Å². The van der Waals surface area contributed by atoms with Crippen molar-refractivity contribution >= 4 is 29.9 Å². The molecule has 0 aliphatic carbocycles. The number of benzene rings is 1. The van der Waals surface area contributed by atoms with Gasteiger partial charge in [0.25, 0.3) is 0 Å². The van der Waals surface area contributed by atoms with Crippen LogP contribution in [0.25, 0.3) is 5.82 Å². The number of rotatable bonds is 8. The molecule has 3 rings (SSSR count). The number of para-hydroxylation sites is 2. The van der Waals surface area contributed by atoms with Crippen molar-refractivity contribution in [2.45, 2.75) is 19.6 Å². The molecule has 9 heteroatoms. The number of aliphatic imine (C=N–C) groups is 1. The maximum atomic E-state index is 5.95. The van der Waals surface area contributed by atoms with Gasteiger partial charge >= 0.3 is 0 Å². The number of methoxy groups -OCH3 is 1. The highest BCUT2D eigenvalue weighted by molar-refractivity contribution is 14.0. The van der Waals surface area contributed by atoms with Gasteiger partial charge < -0.3 is 20.1 Å². The van der Waals surface area contributed by atoms with Gasteiger partial charge in [-0.25, -0.2) is 9.97 Å². The third-order valence-corrected chi connectivity index (χ3v) is 4.22. The van der Waals surface area contributed by atoms with Crippen molar-refractivity contribution in [1.82, 2.24) is 25.2 Å². The van der Waals surface area contributed by atoms with Gasteiger partial charge in [0.05, 0.1) is 13.7 Å². The largest absolute Gasteiger partial charge is 0.493 e. The van der Waals surface area contributed by atoms with Crippen LogP contribution in [0, 0.1) is 0 Å². The Morgan fingerprint density at radius 3 is 2.60 bits per heavy atom. The number of hydrogen-bond acceptors (Lipinski definition) is 5. The van der Waals surface area contributed by atoms with Crippen LogP contribution in [-0.4, -0.2) is 47.3 Å². The van der Waals surface area contributed by atoms with Crippen molar-refractivity contribution < 1.29 is 9.47 Å². The van der Waals surface area contributed by atoms with E-state index in [1.54, 1.807) is 26.7 Å². The van der Waals surface area contributed by atoms with E-state index in [2.05, 4.69) is 25.6 Å². The lowest BCUT2D eigenvalue weighted by atomic mass is 10.3. The van der Waals surface area contributed by atoms with E-state index in [9.17, 15) is 0 Å². The summed E-state index contributed by atoms with van der Waals surface area (Å²) in [6.07, 6.45) is 7.08. The first-order chi connectivity index (χ1) is 14.2. The van der Waals surface area contributed by atoms with Crippen LogP contribution in [0.3, 0.4) is 0 Å². The number of halogens is 1. The summed E-state index contributed by atoms with van der Waals surface area (Å²) >= 11 is 0. The summed E-state index contributed by atoms with van der Waals surface area (Å²) in [6.45, 7) is 3.19. The van der Waals surface area contributed by atoms with Gasteiger partial charge in [0.1, 0.15) is 18.2 Å². The summed E-state index contributed by atoms with van der Waals surface area (Å²) in [7, 11) is 3.37. The van der Waals surface area contributed by atoms with E-state index in [0.29, 0.717) is 24.8 Å². The SMILES string of the molecule is CN=C(NCc1ccc(-n2ccnc2)nc1)NCC(C)Oc1ccccc1OC.I. The third kappa shape index (κ3) is 6.61. The van der Waals surface area contributed by atoms with Gasteiger partial charge in [0.2, 0.25) is 0 Å². The molecule has 160 valence electrons. The fourth-order valence-corrected chi connectivity index (χ4v) is 2.69. The van der Waals surface area contributed by atoms with Crippen LogP contribution in [0.2, 0.25) is 0 Å². The molecule has 2 aromatic heterocycles. The first-order valence-electron chi connectivity index (χ1n) is 9.37. The zero-order chi connectivity index (χ0) is 20.5. The van der Waals surface area contributed by atoms with E-state index in [4.69, 9.17) is 9.47 Å². The zero-order valence-corrected chi connectivity index (χ0v) is 19.6. The van der Waals surface area contributed by atoms with E-state index >= 15 is 0 Å². The Hall–Kier alpha value is -2.82. The normalized spacial score (nSPS) is 11.9. The lowest BCUT2D eigenvalue weighted by Crippen LogP contribution is -2.41. The van der Waals surface area contributed by atoms with Crippen LogP contribution < -0.4 is 20.1 Å². The summed E-state index contributed by atoms with van der Waals surface area (Å²) in [6, 6.07) is 11.6. The number of aromatic nitrogens is 3. The molecule has 3 aromatic rings. The molecule has 0 radical (unpaired) electrons. The second kappa shape index (κ2) is 12.0. The molecular weight excluding hydrogens is 495 g/mol. The predicted octanol–water partition coefficient (Wildman–Crippen LogP) is 3.03. The molecule has 0 saturated carbocycles. The van der Waals surface area contributed by atoms with E-state index in [1.807, 2.05) is 60.3 Å². The van der Waals surface area contributed by atoms with Crippen molar-refractivity contribution in [3.05, 3.63) is 66.9 Å². The van der Waals surface area contributed by atoms with Crippen LogP contribution >= 0.6 is 24.0 Å². The molecular formula is C21H27IN6O2. The molecule has 0 aliphatic rings. The highest BCUT2D eigenvalue weighted by Crippen LogP contribution is 2.26. The standard InChI is InChI=1S/C21H26N6O2.HI/c1-16(29-19-7-5-4-6-18(19)28-3)12-25-21(22-2)26-14-17-8-9-20(24-13-17)27-11-10-23-15-27;/h4-11,13,15-16H,12,14H2,1-3H3,(H2,22,25,26);1H. The first kappa shape index (κ1) is 23.5. The number of pyridine rings is 1. The molecule has 1 aromatic carbocycles. The molecule has 8 nitrogen and oxygen atoms in total. The summed E-state index contributed by atoms with van der Waals surface area (Å²) in [5.41, 5.74) is 1.05.